The first-order chi connectivity index (χ1) is 12.3. The zero-order valence-electron chi connectivity index (χ0n) is 15.2. The molecule has 1 aromatic heterocycles. The van der Waals surface area contributed by atoms with E-state index in [1.54, 1.807) is 12.1 Å². The molecule has 2 aromatic rings. The highest BCUT2D eigenvalue weighted by atomic mass is 32.2. The topological polar surface area (TPSA) is 79.4 Å². The van der Waals surface area contributed by atoms with Gasteiger partial charge in [0.15, 0.2) is 0 Å². The van der Waals surface area contributed by atoms with Gasteiger partial charge in [-0.1, -0.05) is 6.07 Å². The van der Waals surface area contributed by atoms with Crippen molar-refractivity contribution in [2.75, 3.05) is 18.4 Å². The molecular formula is C19H23N3O3S. The number of anilines is 1. The van der Waals surface area contributed by atoms with E-state index in [1.165, 1.54) is 16.4 Å². The van der Waals surface area contributed by atoms with Crippen molar-refractivity contribution >= 4 is 21.6 Å². The number of aryl methyl sites for hydroxylation is 3. The molecule has 1 amide bonds. The van der Waals surface area contributed by atoms with Crippen LogP contribution in [0.5, 0.6) is 0 Å². The minimum absolute atomic E-state index is 0.155. The van der Waals surface area contributed by atoms with Crippen molar-refractivity contribution in [3.8, 4) is 0 Å². The zero-order valence-corrected chi connectivity index (χ0v) is 16.1. The van der Waals surface area contributed by atoms with Crippen molar-refractivity contribution in [1.82, 2.24) is 9.29 Å². The molecule has 0 radical (unpaired) electrons. The van der Waals surface area contributed by atoms with Gasteiger partial charge in [0.25, 0.3) is 5.91 Å². The average Bonchev–Trinajstić information content (AvgIpc) is 3.13. The minimum Gasteiger partial charge on any atom is -0.320 e. The summed E-state index contributed by atoms with van der Waals surface area (Å²) >= 11 is 0. The number of rotatable bonds is 4. The Morgan fingerprint density at radius 1 is 1.12 bits per heavy atom. The number of benzene rings is 1. The monoisotopic (exact) mass is 373 g/mol. The maximum absolute atomic E-state index is 12.7. The fraction of sp³-hybridized carbons (Fsp3) is 0.368. The van der Waals surface area contributed by atoms with Gasteiger partial charge >= 0.3 is 0 Å². The molecule has 1 aromatic carbocycles. The van der Waals surface area contributed by atoms with Gasteiger partial charge in [0.05, 0.1) is 16.3 Å². The Balaban J connectivity index is 1.88. The van der Waals surface area contributed by atoms with Crippen molar-refractivity contribution in [3.05, 3.63) is 52.8 Å². The fourth-order valence-corrected chi connectivity index (χ4v) is 4.84. The lowest BCUT2D eigenvalue weighted by atomic mass is 10.1. The molecule has 138 valence electrons. The first-order valence-electron chi connectivity index (χ1n) is 8.65. The highest BCUT2D eigenvalue weighted by molar-refractivity contribution is 7.89. The molecule has 0 spiro atoms. The number of hydrogen-bond donors (Lipinski definition) is 1. The molecule has 1 aliphatic rings. The molecule has 0 saturated carbocycles. The lowest BCUT2D eigenvalue weighted by Gasteiger charge is -2.16. The summed E-state index contributed by atoms with van der Waals surface area (Å²) in [6.45, 7) is 6.71. The van der Waals surface area contributed by atoms with Crippen LogP contribution < -0.4 is 5.32 Å². The number of nitrogens with zero attached hydrogens (tertiary/aromatic N) is 2. The largest absolute Gasteiger partial charge is 0.320 e. The third-order valence-corrected chi connectivity index (χ3v) is 6.46. The lowest BCUT2D eigenvalue weighted by Crippen LogP contribution is -2.28. The summed E-state index contributed by atoms with van der Waals surface area (Å²) in [5.41, 5.74) is 3.51. The molecule has 0 atom stereocenters. The van der Waals surface area contributed by atoms with E-state index in [-0.39, 0.29) is 10.8 Å². The van der Waals surface area contributed by atoms with E-state index in [2.05, 4.69) is 10.3 Å². The SMILES string of the molecule is Cc1cc(C)c(NC(=O)c2cccc(S(=O)(=O)N3CCCC3)c2)c(C)n1. The third kappa shape index (κ3) is 3.64. The predicted molar refractivity (Wildman–Crippen MR) is 101 cm³/mol. The zero-order chi connectivity index (χ0) is 18.9. The van der Waals surface area contributed by atoms with Crippen LogP contribution in [-0.4, -0.2) is 36.7 Å². The van der Waals surface area contributed by atoms with Crippen LogP contribution in [0.2, 0.25) is 0 Å². The molecule has 2 heterocycles. The fourth-order valence-electron chi connectivity index (χ4n) is 3.27. The van der Waals surface area contributed by atoms with Gasteiger partial charge in [-0.05, 0) is 63.4 Å². The summed E-state index contributed by atoms with van der Waals surface area (Å²) < 4.78 is 26.9. The summed E-state index contributed by atoms with van der Waals surface area (Å²) in [5, 5.41) is 2.86. The predicted octanol–water partition coefficient (Wildman–Crippen LogP) is 3.04. The molecule has 1 aliphatic heterocycles. The molecule has 6 nitrogen and oxygen atoms in total. The van der Waals surface area contributed by atoms with E-state index in [9.17, 15) is 13.2 Å². The van der Waals surface area contributed by atoms with Crippen molar-refractivity contribution in [2.24, 2.45) is 0 Å². The number of carbonyl (C=O) groups is 1. The van der Waals surface area contributed by atoms with E-state index in [4.69, 9.17) is 0 Å². The van der Waals surface area contributed by atoms with Crippen molar-refractivity contribution in [3.63, 3.8) is 0 Å². The molecule has 26 heavy (non-hydrogen) atoms. The normalized spacial score (nSPS) is 15.2. The highest BCUT2D eigenvalue weighted by Crippen LogP contribution is 2.23. The smallest absolute Gasteiger partial charge is 0.255 e. The van der Waals surface area contributed by atoms with Crippen molar-refractivity contribution in [1.29, 1.82) is 0 Å². The number of nitrogens with one attached hydrogen (secondary N) is 1. The van der Waals surface area contributed by atoms with E-state index in [1.807, 2.05) is 26.8 Å². The number of sulfonamides is 1. The van der Waals surface area contributed by atoms with Crippen LogP contribution in [0.25, 0.3) is 0 Å². The summed E-state index contributed by atoms with van der Waals surface area (Å²) in [5.74, 6) is -0.347. The van der Waals surface area contributed by atoms with Gasteiger partial charge in [0.2, 0.25) is 10.0 Å². The molecule has 1 saturated heterocycles. The van der Waals surface area contributed by atoms with Crippen LogP contribution >= 0.6 is 0 Å². The first kappa shape index (κ1) is 18.5. The van der Waals surface area contributed by atoms with Crippen molar-refractivity contribution < 1.29 is 13.2 Å². The molecule has 7 heteroatoms. The van der Waals surface area contributed by atoms with E-state index < -0.39 is 10.0 Å². The van der Waals surface area contributed by atoms with Crippen LogP contribution in [0.3, 0.4) is 0 Å². The second kappa shape index (κ2) is 7.17. The van der Waals surface area contributed by atoms with E-state index >= 15 is 0 Å². The van der Waals surface area contributed by atoms with Gasteiger partial charge in [0, 0.05) is 24.3 Å². The quantitative estimate of drug-likeness (QED) is 0.893. The highest BCUT2D eigenvalue weighted by Gasteiger charge is 2.27. The van der Waals surface area contributed by atoms with Gasteiger partial charge < -0.3 is 5.32 Å². The molecule has 0 bridgehead atoms. The number of hydrogen-bond acceptors (Lipinski definition) is 4. The number of aromatic nitrogens is 1. The van der Waals surface area contributed by atoms with Gasteiger partial charge in [0.1, 0.15) is 0 Å². The minimum atomic E-state index is -3.55. The maximum atomic E-state index is 12.7. The second-order valence-corrected chi connectivity index (χ2v) is 8.57. The second-order valence-electron chi connectivity index (χ2n) is 6.63. The molecule has 1 fully saturated rings. The number of pyridine rings is 1. The summed E-state index contributed by atoms with van der Waals surface area (Å²) in [6, 6.07) is 8.09. The Labute approximate surface area is 154 Å². The number of carbonyl (C=O) groups excluding carboxylic acids is 1. The summed E-state index contributed by atoms with van der Waals surface area (Å²) in [6.07, 6.45) is 1.75. The molecular weight excluding hydrogens is 350 g/mol. The Morgan fingerprint density at radius 2 is 1.81 bits per heavy atom. The number of amides is 1. The average molecular weight is 373 g/mol. The lowest BCUT2D eigenvalue weighted by molar-refractivity contribution is 0.102. The van der Waals surface area contributed by atoms with E-state index in [0.717, 1.165) is 29.8 Å². The van der Waals surface area contributed by atoms with Crippen molar-refractivity contribution in [2.45, 2.75) is 38.5 Å². The summed E-state index contributed by atoms with van der Waals surface area (Å²) in [7, 11) is -3.55. The molecule has 0 aliphatic carbocycles. The van der Waals surface area contributed by atoms with Crippen LogP contribution in [-0.2, 0) is 10.0 Å². The molecule has 3 rings (SSSR count). The Morgan fingerprint density at radius 3 is 2.46 bits per heavy atom. The Kier molecular flexibility index (Phi) is 5.11. The van der Waals surface area contributed by atoms with Crippen LogP contribution in [0.1, 0.15) is 40.2 Å². The first-order valence-corrected chi connectivity index (χ1v) is 10.1. The van der Waals surface area contributed by atoms with Crippen LogP contribution in [0, 0.1) is 20.8 Å². The Bertz CT molecular complexity index is 925. The molecule has 0 unspecified atom stereocenters. The van der Waals surface area contributed by atoms with Crippen LogP contribution in [0.15, 0.2) is 35.2 Å². The van der Waals surface area contributed by atoms with Gasteiger partial charge in [-0.2, -0.15) is 4.31 Å². The standard InChI is InChI=1S/C19H23N3O3S/c1-13-11-14(2)20-15(3)18(13)21-19(23)16-7-6-8-17(12-16)26(24,25)22-9-4-5-10-22/h6-8,11-12H,4-5,9-10H2,1-3H3,(H,21,23). The van der Waals surface area contributed by atoms with Crippen LogP contribution in [0.4, 0.5) is 5.69 Å². The third-order valence-electron chi connectivity index (χ3n) is 4.56. The Hall–Kier alpha value is -2.25. The van der Waals surface area contributed by atoms with Gasteiger partial charge in [-0.25, -0.2) is 8.42 Å². The van der Waals surface area contributed by atoms with E-state index in [0.29, 0.717) is 24.3 Å². The maximum Gasteiger partial charge on any atom is 0.255 e. The van der Waals surface area contributed by atoms with Gasteiger partial charge in [-0.3, -0.25) is 9.78 Å². The van der Waals surface area contributed by atoms with Gasteiger partial charge in [-0.15, -0.1) is 0 Å². The molecule has 1 N–H and O–H groups in total. The summed E-state index contributed by atoms with van der Waals surface area (Å²) in [4.78, 5) is 17.2.